The van der Waals surface area contributed by atoms with Crippen molar-refractivity contribution >= 4 is 0 Å². The van der Waals surface area contributed by atoms with Crippen molar-refractivity contribution in [3.8, 4) is 0 Å². The molecule has 0 saturated carbocycles. The number of hydrazine groups is 1. The standard InChI is InChI=1S/C12H17N5/c1-2-17-9-11(8-15-17)12(16-13)6-10-4-3-5-14-7-10/h3-5,7-9,12,16H,2,6,13H2,1H3. The second-order valence-electron chi connectivity index (χ2n) is 3.91. The minimum Gasteiger partial charge on any atom is -0.273 e. The largest absolute Gasteiger partial charge is 0.273 e. The number of pyridine rings is 1. The van der Waals surface area contributed by atoms with Crippen molar-refractivity contribution in [3.05, 3.63) is 48.0 Å². The Morgan fingerprint density at radius 1 is 1.47 bits per heavy atom. The van der Waals surface area contributed by atoms with Crippen LogP contribution in [-0.4, -0.2) is 14.8 Å². The van der Waals surface area contributed by atoms with Gasteiger partial charge in [-0.2, -0.15) is 5.10 Å². The molecule has 2 rings (SSSR count). The number of rotatable bonds is 5. The van der Waals surface area contributed by atoms with Gasteiger partial charge in [0.25, 0.3) is 0 Å². The molecule has 0 aliphatic carbocycles. The van der Waals surface area contributed by atoms with Gasteiger partial charge in [0.05, 0.1) is 12.2 Å². The molecular weight excluding hydrogens is 214 g/mol. The lowest BCUT2D eigenvalue weighted by molar-refractivity contribution is 0.549. The predicted octanol–water partition coefficient (Wildman–Crippen LogP) is 1.05. The van der Waals surface area contributed by atoms with Crippen LogP contribution in [-0.2, 0) is 13.0 Å². The van der Waals surface area contributed by atoms with E-state index in [-0.39, 0.29) is 6.04 Å². The van der Waals surface area contributed by atoms with Crippen LogP contribution in [0.3, 0.4) is 0 Å². The van der Waals surface area contributed by atoms with Crippen molar-refractivity contribution in [1.82, 2.24) is 20.2 Å². The summed E-state index contributed by atoms with van der Waals surface area (Å²) in [5.41, 5.74) is 5.07. The van der Waals surface area contributed by atoms with Gasteiger partial charge >= 0.3 is 0 Å². The number of hydrogen-bond donors (Lipinski definition) is 2. The molecule has 0 amide bonds. The quantitative estimate of drug-likeness (QED) is 0.596. The molecule has 3 N–H and O–H groups in total. The first-order valence-electron chi connectivity index (χ1n) is 5.71. The first-order chi connectivity index (χ1) is 8.33. The highest BCUT2D eigenvalue weighted by Crippen LogP contribution is 2.16. The van der Waals surface area contributed by atoms with Gasteiger partial charge < -0.3 is 0 Å². The SMILES string of the molecule is CCn1cc(C(Cc2cccnc2)NN)cn1. The Morgan fingerprint density at radius 3 is 2.94 bits per heavy atom. The van der Waals surface area contributed by atoms with E-state index < -0.39 is 0 Å². The lowest BCUT2D eigenvalue weighted by Crippen LogP contribution is -2.29. The van der Waals surface area contributed by atoms with E-state index in [0.717, 1.165) is 24.1 Å². The van der Waals surface area contributed by atoms with Gasteiger partial charge in [0.15, 0.2) is 0 Å². The van der Waals surface area contributed by atoms with Gasteiger partial charge in [0, 0.05) is 30.7 Å². The summed E-state index contributed by atoms with van der Waals surface area (Å²) in [6.07, 6.45) is 8.29. The first-order valence-corrected chi connectivity index (χ1v) is 5.71. The Bertz CT molecular complexity index is 451. The molecule has 0 spiro atoms. The normalized spacial score (nSPS) is 12.6. The van der Waals surface area contributed by atoms with Gasteiger partial charge in [0.1, 0.15) is 0 Å². The molecule has 0 fully saturated rings. The molecule has 5 nitrogen and oxygen atoms in total. The maximum absolute atomic E-state index is 5.60. The van der Waals surface area contributed by atoms with Crippen LogP contribution in [0.5, 0.6) is 0 Å². The van der Waals surface area contributed by atoms with Crippen molar-refractivity contribution in [1.29, 1.82) is 0 Å². The fourth-order valence-electron chi connectivity index (χ4n) is 1.76. The average Bonchev–Trinajstić information content (AvgIpc) is 2.86. The molecule has 2 aromatic heterocycles. The highest BCUT2D eigenvalue weighted by Gasteiger charge is 2.12. The molecular formula is C12H17N5. The summed E-state index contributed by atoms with van der Waals surface area (Å²) in [5, 5.41) is 4.25. The monoisotopic (exact) mass is 231 g/mol. The first kappa shape index (κ1) is 11.8. The lowest BCUT2D eigenvalue weighted by Gasteiger charge is -2.13. The van der Waals surface area contributed by atoms with E-state index in [1.165, 1.54) is 0 Å². The second-order valence-corrected chi connectivity index (χ2v) is 3.91. The maximum atomic E-state index is 5.60. The Kier molecular flexibility index (Phi) is 3.85. The summed E-state index contributed by atoms with van der Waals surface area (Å²) >= 11 is 0. The van der Waals surface area contributed by atoms with Crippen molar-refractivity contribution in [3.63, 3.8) is 0 Å². The van der Waals surface area contributed by atoms with Crippen LogP contribution in [0.1, 0.15) is 24.1 Å². The van der Waals surface area contributed by atoms with Gasteiger partial charge in [-0.05, 0) is 25.0 Å². The lowest BCUT2D eigenvalue weighted by atomic mass is 10.0. The summed E-state index contributed by atoms with van der Waals surface area (Å²) in [7, 11) is 0. The number of aryl methyl sites for hydroxylation is 1. The molecule has 1 atom stereocenters. The van der Waals surface area contributed by atoms with E-state index in [1.807, 2.05) is 35.4 Å². The Labute approximate surface area is 101 Å². The topological polar surface area (TPSA) is 68.8 Å². The van der Waals surface area contributed by atoms with Gasteiger partial charge in [-0.1, -0.05) is 6.07 Å². The minimum atomic E-state index is 0.0690. The van der Waals surface area contributed by atoms with E-state index in [9.17, 15) is 0 Å². The molecule has 5 heteroatoms. The Balaban J connectivity index is 2.11. The van der Waals surface area contributed by atoms with E-state index in [4.69, 9.17) is 5.84 Å². The van der Waals surface area contributed by atoms with Crippen LogP contribution in [0, 0.1) is 0 Å². The second kappa shape index (κ2) is 5.56. The summed E-state index contributed by atoms with van der Waals surface area (Å²) in [6.45, 7) is 2.92. The molecule has 17 heavy (non-hydrogen) atoms. The van der Waals surface area contributed by atoms with Crippen LogP contribution in [0.2, 0.25) is 0 Å². The molecule has 0 saturated heterocycles. The van der Waals surface area contributed by atoms with Gasteiger partial charge in [0.2, 0.25) is 0 Å². The van der Waals surface area contributed by atoms with Crippen LogP contribution < -0.4 is 11.3 Å². The van der Waals surface area contributed by atoms with E-state index in [0.29, 0.717) is 0 Å². The molecule has 1 unspecified atom stereocenters. The minimum absolute atomic E-state index is 0.0690. The number of nitrogens with zero attached hydrogens (tertiary/aromatic N) is 3. The van der Waals surface area contributed by atoms with E-state index in [2.05, 4.69) is 22.4 Å². The summed E-state index contributed by atoms with van der Waals surface area (Å²) in [4.78, 5) is 4.10. The zero-order chi connectivity index (χ0) is 12.1. The molecule has 2 heterocycles. The van der Waals surface area contributed by atoms with Crippen LogP contribution >= 0.6 is 0 Å². The van der Waals surface area contributed by atoms with Crippen LogP contribution in [0.4, 0.5) is 0 Å². The zero-order valence-corrected chi connectivity index (χ0v) is 9.87. The third-order valence-corrected chi connectivity index (χ3v) is 2.74. The molecule has 2 aromatic rings. The smallest absolute Gasteiger partial charge is 0.0538 e. The molecule has 0 aliphatic rings. The average molecular weight is 231 g/mol. The zero-order valence-electron chi connectivity index (χ0n) is 9.87. The van der Waals surface area contributed by atoms with Gasteiger partial charge in [-0.15, -0.1) is 0 Å². The van der Waals surface area contributed by atoms with E-state index >= 15 is 0 Å². The molecule has 90 valence electrons. The van der Waals surface area contributed by atoms with E-state index in [1.54, 1.807) is 6.20 Å². The predicted molar refractivity (Wildman–Crippen MR) is 65.9 cm³/mol. The van der Waals surface area contributed by atoms with Crippen molar-refractivity contribution in [2.75, 3.05) is 0 Å². The number of nitrogens with one attached hydrogen (secondary N) is 1. The molecule has 0 aromatic carbocycles. The summed E-state index contributed by atoms with van der Waals surface area (Å²) in [6, 6.07) is 4.04. The fraction of sp³-hybridized carbons (Fsp3) is 0.333. The maximum Gasteiger partial charge on any atom is 0.0538 e. The molecule has 0 aliphatic heterocycles. The van der Waals surface area contributed by atoms with Gasteiger partial charge in [-0.25, -0.2) is 0 Å². The third kappa shape index (κ3) is 2.89. The summed E-state index contributed by atoms with van der Waals surface area (Å²) in [5.74, 6) is 5.60. The van der Waals surface area contributed by atoms with Crippen molar-refractivity contribution in [2.45, 2.75) is 25.9 Å². The summed E-state index contributed by atoms with van der Waals surface area (Å²) < 4.78 is 1.89. The third-order valence-electron chi connectivity index (χ3n) is 2.74. The number of aromatic nitrogens is 3. The van der Waals surface area contributed by atoms with Crippen molar-refractivity contribution < 1.29 is 0 Å². The molecule has 0 radical (unpaired) electrons. The van der Waals surface area contributed by atoms with Crippen molar-refractivity contribution in [2.24, 2.45) is 5.84 Å². The highest BCUT2D eigenvalue weighted by molar-refractivity contribution is 5.17. The number of hydrogen-bond acceptors (Lipinski definition) is 4. The molecule has 0 bridgehead atoms. The fourth-order valence-corrected chi connectivity index (χ4v) is 1.76. The number of nitrogens with two attached hydrogens (primary N) is 1. The Hall–Kier alpha value is -1.72. The van der Waals surface area contributed by atoms with Crippen LogP contribution in [0.15, 0.2) is 36.9 Å². The van der Waals surface area contributed by atoms with Crippen LogP contribution in [0.25, 0.3) is 0 Å². The highest BCUT2D eigenvalue weighted by atomic mass is 15.3. The Morgan fingerprint density at radius 2 is 2.35 bits per heavy atom. The van der Waals surface area contributed by atoms with Gasteiger partial charge in [-0.3, -0.25) is 20.9 Å².